The lowest BCUT2D eigenvalue weighted by Gasteiger charge is -2.06. The molecule has 0 aliphatic carbocycles. The number of carbonyl (C=O) groups excluding carboxylic acids is 1. The third-order valence-electron chi connectivity index (χ3n) is 3.26. The van der Waals surface area contributed by atoms with Crippen molar-refractivity contribution in [2.24, 2.45) is 5.84 Å². The van der Waals surface area contributed by atoms with Gasteiger partial charge in [0, 0.05) is 22.5 Å². The van der Waals surface area contributed by atoms with Gasteiger partial charge in [-0.2, -0.15) is 0 Å². The number of carbonyl (C=O) groups is 1. The molecule has 2 aromatic heterocycles. The van der Waals surface area contributed by atoms with E-state index in [0.29, 0.717) is 11.4 Å². The maximum Gasteiger partial charge on any atom is 0.275 e. The van der Waals surface area contributed by atoms with Crippen LogP contribution in [0.5, 0.6) is 0 Å². The first kappa shape index (κ1) is 13.5. The molecule has 3 rings (SSSR count). The van der Waals surface area contributed by atoms with Gasteiger partial charge in [-0.05, 0) is 17.5 Å². The zero-order chi connectivity index (χ0) is 14.8. The molecule has 2 heterocycles. The Labute approximate surface area is 124 Å². The highest BCUT2D eigenvalue weighted by molar-refractivity contribution is 7.21. The lowest BCUT2D eigenvalue weighted by atomic mass is 10.1. The molecular formula is C15H13N3O2S. The fourth-order valence-corrected chi connectivity index (χ4v) is 3.38. The number of benzene rings is 1. The number of hydrogen-bond donors (Lipinski definition) is 2. The molecule has 0 atom stereocenters. The second kappa shape index (κ2) is 5.51. The molecule has 6 heteroatoms. The Morgan fingerprint density at radius 1 is 1.19 bits per heavy atom. The summed E-state index contributed by atoms with van der Waals surface area (Å²) in [6.07, 6.45) is 1.71. The summed E-state index contributed by atoms with van der Waals surface area (Å²) < 4.78 is 2.57. The van der Waals surface area contributed by atoms with E-state index < -0.39 is 0 Å². The molecule has 106 valence electrons. The van der Waals surface area contributed by atoms with Crippen LogP contribution in [0.25, 0.3) is 10.1 Å². The summed E-state index contributed by atoms with van der Waals surface area (Å²) in [5, 5.41) is 0.969. The normalized spacial score (nSPS) is 10.7. The first-order valence-corrected chi connectivity index (χ1v) is 7.19. The topological polar surface area (TPSA) is 77.1 Å². The number of fused-ring (bicyclic) bond motifs is 1. The summed E-state index contributed by atoms with van der Waals surface area (Å²) in [6, 6.07) is 12.7. The van der Waals surface area contributed by atoms with Gasteiger partial charge in [0.25, 0.3) is 11.5 Å². The van der Waals surface area contributed by atoms with Crippen LogP contribution in [-0.4, -0.2) is 10.5 Å². The Bertz CT molecular complexity index is 866. The quantitative estimate of drug-likeness (QED) is 0.439. The Kier molecular flexibility index (Phi) is 3.55. The number of hydrogen-bond acceptors (Lipinski definition) is 4. The third-order valence-corrected chi connectivity index (χ3v) is 4.47. The van der Waals surface area contributed by atoms with E-state index in [0.717, 1.165) is 15.6 Å². The van der Waals surface area contributed by atoms with Gasteiger partial charge < -0.3 is 4.57 Å². The highest BCUT2D eigenvalue weighted by Gasteiger charge is 2.17. The molecule has 0 aliphatic rings. The predicted octanol–water partition coefficient (Wildman–Crippen LogP) is 1.71. The van der Waals surface area contributed by atoms with Crippen molar-refractivity contribution in [2.75, 3.05) is 0 Å². The summed E-state index contributed by atoms with van der Waals surface area (Å²) in [7, 11) is 0. The van der Waals surface area contributed by atoms with Crippen LogP contribution < -0.4 is 16.8 Å². The van der Waals surface area contributed by atoms with Crippen molar-refractivity contribution >= 4 is 27.3 Å². The van der Waals surface area contributed by atoms with Crippen molar-refractivity contribution in [3.63, 3.8) is 0 Å². The number of hydrazine groups is 1. The van der Waals surface area contributed by atoms with Crippen LogP contribution in [-0.2, 0) is 6.54 Å². The van der Waals surface area contributed by atoms with E-state index in [-0.39, 0.29) is 11.5 Å². The summed E-state index contributed by atoms with van der Waals surface area (Å²) in [5.74, 6) is 4.92. The minimum Gasteiger partial charge on any atom is -0.311 e. The van der Waals surface area contributed by atoms with Gasteiger partial charge in [-0.3, -0.25) is 15.0 Å². The van der Waals surface area contributed by atoms with Crippen LogP contribution in [0.3, 0.4) is 0 Å². The van der Waals surface area contributed by atoms with E-state index in [1.165, 1.54) is 17.4 Å². The van der Waals surface area contributed by atoms with Crippen molar-refractivity contribution in [2.45, 2.75) is 6.54 Å². The van der Waals surface area contributed by atoms with E-state index in [1.54, 1.807) is 22.9 Å². The fourth-order valence-electron chi connectivity index (χ4n) is 2.27. The van der Waals surface area contributed by atoms with Crippen molar-refractivity contribution in [1.29, 1.82) is 0 Å². The number of nitrogens with zero attached hydrogens (tertiary/aromatic N) is 1. The minimum absolute atomic E-state index is 0.105. The van der Waals surface area contributed by atoms with Gasteiger partial charge in [-0.1, -0.05) is 24.3 Å². The molecule has 0 saturated heterocycles. The minimum atomic E-state index is -0.338. The molecular weight excluding hydrogens is 286 g/mol. The lowest BCUT2D eigenvalue weighted by Crippen LogP contribution is -2.30. The number of nitrogens with two attached hydrogens (primary N) is 1. The Balaban J connectivity index is 2.18. The lowest BCUT2D eigenvalue weighted by molar-refractivity contribution is 0.0957. The standard InChI is InChI=1S/C15H13N3O2S/c16-17-15(20)14-11(9-18-8-4-3-7-13(18)19)10-5-1-2-6-12(10)21-14/h1-8H,9,16H2,(H,17,20). The van der Waals surface area contributed by atoms with Crippen molar-refractivity contribution < 1.29 is 4.79 Å². The average molecular weight is 299 g/mol. The Hall–Kier alpha value is -2.44. The molecule has 5 nitrogen and oxygen atoms in total. The first-order chi connectivity index (χ1) is 10.2. The highest BCUT2D eigenvalue weighted by atomic mass is 32.1. The van der Waals surface area contributed by atoms with Crippen molar-refractivity contribution in [1.82, 2.24) is 9.99 Å². The zero-order valence-electron chi connectivity index (χ0n) is 11.1. The monoisotopic (exact) mass is 299 g/mol. The number of amides is 1. The summed E-state index contributed by atoms with van der Waals surface area (Å²) in [4.78, 5) is 24.4. The molecule has 3 N–H and O–H groups in total. The largest absolute Gasteiger partial charge is 0.311 e. The van der Waals surface area contributed by atoms with Gasteiger partial charge in [-0.15, -0.1) is 11.3 Å². The van der Waals surface area contributed by atoms with Gasteiger partial charge in [0.2, 0.25) is 0 Å². The van der Waals surface area contributed by atoms with E-state index in [2.05, 4.69) is 5.43 Å². The number of thiophene rings is 1. The van der Waals surface area contributed by atoms with Crippen LogP contribution in [0.4, 0.5) is 0 Å². The molecule has 0 saturated carbocycles. The average Bonchev–Trinajstić information content (AvgIpc) is 2.88. The second-order valence-electron chi connectivity index (χ2n) is 4.55. The van der Waals surface area contributed by atoms with Crippen LogP contribution in [0.2, 0.25) is 0 Å². The Morgan fingerprint density at radius 3 is 2.71 bits per heavy atom. The molecule has 0 bridgehead atoms. The number of aromatic nitrogens is 1. The maximum atomic E-state index is 12.0. The van der Waals surface area contributed by atoms with Crippen LogP contribution in [0.15, 0.2) is 53.5 Å². The number of rotatable bonds is 3. The maximum absolute atomic E-state index is 12.0. The van der Waals surface area contributed by atoms with Crippen molar-refractivity contribution in [3.8, 4) is 0 Å². The molecule has 3 aromatic rings. The molecule has 0 fully saturated rings. The summed E-state index contributed by atoms with van der Waals surface area (Å²) >= 11 is 1.37. The number of nitrogen functional groups attached to an aromatic ring is 1. The van der Waals surface area contributed by atoms with E-state index in [1.807, 2.05) is 24.3 Å². The van der Waals surface area contributed by atoms with E-state index in [9.17, 15) is 9.59 Å². The second-order valence-corrected chi connectivity index (χ2v) is 5.60. The van der Waals surface area contributed by atoms with Gasteiger partial charge in [0.1, 0.15) is 0 Å². The van der Waals surface area contributed by atoms with Gasteiger partial charge in [0.15, 0.2) is 0 Å². The number of nitrogens with one attached hydrogen (secondary N) is 1. The zero-order valence-corrected chi connectivity index (χ0v) is 11.9. The van der Waals surface area contributed by atoms with Crippen molar-refractivity contribution in [3.05, 3.63) is 69.5 Å². The van der Waals surface area contributed by atoms with Gasteiger partial charge in [0.05, 0.1) is 11.4 Å². The molecule has 1 aromatic carbocycles. The molecule has 0 unspecified atom stereocenters. The SMILES string of the molecule is NNC(=O)c1sc2ccccc2c1Cn1ccccc1=O. The molecule has 0 spiro atoms. The number of pyridine rings is 1. The third kappa shape index (κ3) is 2.46. The molecule has 1 amide bonds. The molecule has 21 heavy (non-hydrogen) atoms. The summed E-state index contributed by atoms with van der Waals surface area (Å²) in [6.45, 7) is 0.340. The smallest absolute Gasteiger partial charge is 0.275 e. The Morgan fingerprint density at radius 2 is 1.95 bits per heavy atom. The highest BCUT2D eigenvalue weighted by Crippen LogP contribution is 2.31. The van der Waals surface area contributed by atoms with Crippen LogP contribution in [0, 0.1) is 0 Å². The van der Waals surface area contributed by atoms with Gasteiger partial charge >= 0.3 is 0 Å². The molecule has 0 aliphatic heterocycles. The van der Waals surface area contributed by atoms with E-state index >= 15 is 0 Å². The molecule has 0 radical (unpaired) electrons. The predicted molar refractivity (Wildman–Crippen MR) is 83.3 cm³/mol. The first-order valence-electron chi connectivity index (χ1n) is 6.37. The fraction of sp³-hybridized carbons (Fsp3) is 0.0667. The van der Waals surface area contributed by atoms with E-state index in [4.69, 9.17) is 5.84 Å². The van der Waals surface area contributed by atoms with Crippen LogP contribution >= 0.6 is 11.3 Å². The summed E-state index contributed by atoms with van der Waals surface area (Å²) in [5.41, 5.74) is 2.87. The van der Waals surface area contributed by atoms with Gasteiger partial charge in [-0.25, -0.2) is 5.84 Å². The van der Waals surface area contributed by atoms with Crippen LogP contribution in [0.1, 0.15) is 15.2 Å².